The van der Waals surface area contributed by atoms with Crippen molar-refractivity contribution in [3.8, 4) is 0 Å². The molecule has 174 valence electrons. The third kappa shape index (κ3) is 7.33. The van der Waals surface area contributed by atoms with Gasteiger partial charge in [-0.25, -0.2) is 12.8 Å². The highest BCUT2D eigenvalue weighted by atomic mass is 32.2. The number of unbranched alkanes of at least 4 members (excludes halogenated alkanes) is 1. The highest BCUT2D eigenvalue weighted by Gasteiger charge is 2.30. The number of benzene rings is 2. The molecule has 0 bridgehead atoms. The Kier molecular flexibility index (Phi) is 9.19. The molecule has 2 aromatic carbocycles. The molecule has 0 radical (unpaired) electrons. The van der Waals surface area contributed by atoms with Crippen LogP contribution in [0.25, 0.3) is 0 Å². The summed E-state index contributed by atoms with van der Waals surface area (Å²) in [5.74, 6) is -1.51. The number of anilines is 1. The van der Waals surface area contributed by atoms with Crippen LogP contribution in [-0.2, 0) is 26.2 Å². The molecule has 0 spiro atoms. The van der Waals surface area contributed by atoms with E-state index in [1.165, 1.54) is 23.1 Å². The van der Waals surface area contributed by atoms with Crippen molar-refractivity contribution in [3.05, 3.63) is 66.0 Å². The Morgan fingerprint density at radius 3 is 2.38 bits per heavy atom. The van der Waals surface area contributed by atoms with E-state index in [1.807, 2.05) is 37.3 Å². The van der Waals surface area contributed by atoms with Crippen molar-refractivity contribution in [2.45, 2.75) is 39.3 Å². The summed E-state index contributed by atoms with van der Waals surface area (Å²) in [6, 6.07) is 13.3. The van der Waals surface area contributed by atoms with Crippen LogP contribution in [-0.4, -0.2) is 50.5 Å². The molecule has 0 fully saturated rings. The van der Waals surface area contributed by atoms with Crippen LogP contribution in [0, 0.1) is 5.82 Å². The van der Waals surface area contributed by atoms with E-state index in [-0.39, 0.29) is 18.1 Å². The number of sulfonamides is 1. The molecular weight excluding hydrogens is 433 g/mol. The van der Waals surface area contributed by atoms with Crippen molar-refractivity contribution in [1.82, 2.24) is 10.2 Å². The van der Waals surface area contributed by atoms with Crippen LogP contribution in [0.15, 0.2) is 54.6 Å². The summed E-state index contributed by atoms with van der Waals surface area (Å²) in [4.78, 5) is 27.3. The van der Waals surface area contributed by atoms with Crippen molar-refractivity contribution in [2.24, 2.45) is 0 Å². The summed E-state index contributed by atoms with van der Waals surface area (Å²) in [6.45, 7) is 3.68. The number of rotatable bonds is 11. The lowest BCUT2D eigenvalue weighted by atomic mass is 10.1. The van der Waals surface area contributed by atoms with Crippen molar-refractivity contribution in [2.75, 3.05) is 23.7 Å². The Morgan fingerprint density at radius 1 is 1.09 bits per heavy atom. The highest BCUT2D eigenvalue weighted by molar-refractivity contribution is 7.92. The molecule has 0 saturated carbocycles. The fourth-order valence-electron chi connectivity index (χ4n) is 3.14. The fraction of sp³-hybridized carbons (Fsp3) is 0.391. The smallest absolute Gasteiger partial charge is 0.244 e. The molecule has 1 N–H and O–H groups in total. The van der Waals surface area contributed by atoms with Crippen LogP contribution in [0.4, 0.5) is 10.1 Å². The summed E-state index contributed by atoms with van der Waals surface area (Å²) in [7, 11) is -3.88. The standard InChI is InChI=1S/C23H30FN3O4S/c1-4-5-14-25-23(29)18(2)26(16-19-10-7-6-8-11-19)22(28)17-27(32(3,30)31)21-13-9-12-20(24)15-21/h6-13,15,18H,4-5,14,16-17H2,1-3H3,(H,25,29)/t18-/m1/s1. The van der Waals surface area contributed by atoms with E-state index in [0.29, 0.717) is 6.54 Å². The van der Waals surface area contributed by atoms with Gasteiger partial charge < -0.3 is 10.2 Å². The van der Waals surface area contributed by atoms with E-state index in [4.69, 9.17) is 0 Å². The molecule has 0 aliphatic heterocycles. The van der Waals surface area contributed by atoms with Gasteiger partial charge in [0.2, 0.25) is 21.8 Å². The summed E-state index contributed by atoms with van der Waals surface area (Å²) >= 11 is 0. The first-order valence-electron chi connectivity index (χ1n) is 10.5. The van der Waals surface area contributed by atoms with Crippen LogP contribution in [0.5, 0.6) is 0 Å². The zero-order valence-corrected chi connectivity index (χ0v) is 19.4. The van der Waals surface area contributed by atoms with Gasteiger partial charge in [-0.3, -0.25) is 13.9 Å². The molecule has 1 atom stereocenters. The SMILES string of the molecule is CCCCNC(=O)[C@@H](C)N(Cc1ccccc1)C(=O)CN(c1cccc(F)c1)S(C)(=O)=O. The maximum absolute atomic E-state index is 13.7. The van der Waals surface area contributed by atoms with Gasteiger partial charge in [0.1, 0.15) is 18.4 Å². The minimum absolute atomic E-state index is 0.0422. The molecular formula is C23H30FN3O4S. The van der Waals surface area contributed by atoms with E-state index in [0.717, 1.165) is 35.0 Å². The van der Waals surface area contributed by atoms with Gasteiger partial charge >= 0.3 is 0 Å². The molecule has 32 heavy (non-hydrogen) atoms. The average Bonchev–Trinajstić information content (AvgIpc) is 2.75. The predicted octanol–water partition coefficient (Wildman–Crippen LogP) is 2.93. The summed E-state index contributed by atoms with van der Waals surface area (Å²) in [6.07, 6.45) is 2.68. The lowest BCUT2D eigenvalue weighted by Crippen LogP contribution is -2.51. The Morgan fingerprint density at radius 2 is 1.78 bits per heavy atom. The minimum Gasteiger partial charge on any atom is -0.354 e. The molecule has 2 aromatic rings. The van der Waals surface area contributed by atoms with E-state index < -0.39 is 34.3 Å². The number of hydrogen-bond donors (Lipinski definition) is 1. The third-order valence-electron chi connectivity index (χ3n) is 4.97. The normalized spacial score (nSPS) is 12.1. The van der Waals surface area contributed by atoms with Crippen LogP contribution < -0.4 is 9.62 Å². The first kappa shape index (κ1) is 25.3. The Bertz CT molecular complexity index is 1010. The van der Waals surface area contributed by atoms with Crippen LogP contribution in [0.1, 0.15) is 32.3 Å². The van der Waals surface area contributed by atoms with E-state index in [9.17, 15) is 22.4 Å². The van der Waals surface area contributed by atoms with Gasteiger partial charge in [0.05, 0.1) is 11.9 Å². The van der Waals surface area contributed by atoms with Crippen molar-refractivity contribution >= 4 is 27.5 Å². The highest BCUT2D eigenvalue weighted by Crippen LogP contribution is 2.20. The van der Waals surface area contributed by atoms with Crippen molar-refractivity contribution in [1.29, 1.82) is 0 Å². The lowest BCUT2D eigenvalue weighted by Gasteiger charge is -2.31. The number of nitrogens with one attached hydrogen (secondary N) is 1. The number of carbonyl (C=O) groups excluding carboxylic acids is 2. The topological polar surface area (TPSA) is 86.8 Å². The third-order valence-corrected chi connectivity index (χ3v) is 6.11. The zero-order valence-electron chi connectivity index (χ0n) is 18.6. The number of carbonyl (C=O) groups is 2. The second kappa shape index (κ2) is 11.6. The minimum atomic E-state index is -3.88. The monoisotopic (exact) mass is 463 g/mol. The molecule has 7 nitrogen and oxygen atoms in total. The summed E-state index contributed by atoms with van der Waals surface area (Å²) in [5, 5.41) is 2.81. The maximum atomic E-state index is 13.7. The molecule has 2 rings (SSSR count). The second-order valence-corrected chi connectivity index (χ2v) is 9.48. The van der Waals surface area contributed by atoms with Crippen LogP contribution in [0.3, 0.4) is 0 Å². The van der Waals surface area contributed by atoms with E-state index in [1.54, 1.807) is 6.92 Å². The van der Waals surface area contributed by atoms with Gasteiger partial charge in [-0.05, 0) is 37.1 Å². The molecule has 0 aromatic heterocycles. The Labute approximate surface area is 189 Å². The number of nitrogens with zero attached hydrogens (tertiary/aromatic N) is 2. The van der Waals surface area contributed by atoms with E-state index in [2.05, 4.69) is 5.32 Å². The molecule has 2 amide bonds. The molecule has 9 heteroatoms. The van der Waals surface area contributed by atoms with Crippen LogP contribution in [0.2, 0.25) is 0 Å². The molecule has 0 saturated heterocycles. The number of halogens is 1. The molecule has 0 unspecified atom stereocenters. The zero-order chi connectivity index (χ0) is 23.7. The second-order valence-electron chi connectivity index (χ2n) is 7.58. The molecule has 0 aliphatic carbocycles. The van der Waals surface area contributed by atoms with Gasteiger partial charge in [-0.2, -0.15) is 0 Å². The predicted molar refractivity (Wildman–Crippen MR) is 123 cm³/mol. The van der Waals surface area contributed by atoms with Gasteiger partial charge in [0, 0.05) is 13.1 Å². The van der Waals surface area contributed by atoms with Crippen molar-refractivity contribution < 1.29 is 22.4 Å². The van der Waals surface area contributed by atoms with Gasteiger partial charge in [-0.15, -0.1) is 0 Å². The fourth-order valence-corrected chi connectivity index (χ4v) is 3.99. The Hall–Kier alpha value is -2.94. The molecule has 0 heterocycles. The number of amides is 2. The quantitative estimate of drug-likeness (QED) is 0.519. The first-order valence-corrected chi connectivity index (χ1v) is 12.3. The van der Waals surface area contributed by atoms with E-state index >= 15 is 0 Å². The maximum Gasteiger partial charge on any atom is 0.244 e. The van der Waals surface area contributed by atoms with Gasteiger partial charge in [0.15, 0.2) is 0 Å². The first-order chi connectivity index (χ1) is 15.1. The largest absolute Gasteiger partial charge is 0.354 e. The molecule has 0 aliphatic rings. The van der Waals surface area contributed by atoms with Crippen LogP contribution >= 0.6 is 0 Å². The Balaban J connectivity index is 2.31. The average molecular weight is 464 g/mol. The van der Waals surface area contributed by atoms with Gasteiger partial charge in [-0.1, -0.05) is 49.7 Å². The lowest BCUT2D eigenvalue weighted by molar-refractivity contribution is -0.139. The summed E-state index contributed by atoms with van der Waals surface area (Å²) in [5.41, 5.74) is 0.839. The van der Waals surface area contributed by atoms with Gasteiger partial charge in [0.25, 0.3) is 0 Å². The summed E-state index contributed by atoms with van der Waals surface area (Å²) < 4.78 is 39.3. The number of hydrogen-bond acceptors (Lipinski definition) is 4. The van der Waals surface area contributed by atoms with Crippen molar-refractivity contribution in [3.63, 3.8) is 0 Å².